The number of carbonyl (C=O) groups excluding carboxylic acids is 2. The first-order valence-corrected chi connectivity index (χ1v) is 11.7. The van der Waals surface area contributed by atoms with Crippen molar-refractivity contribution in [1.82, 2.24) is 4.90 Å². The summed E-state index contributed by atoms with van der Waals surface area (Å²) in [4.78, 5) is 28.2. The molecule has 0 radical (unpaired) electrons. The summed E-state index contributed by atoms with van der Waals surface area (Å²) in [5.74, 6) is -0.337. The topological polar surface area (TPSA) is 85.3 Å². The van der Waals surface area contributed by atoms with Crippen LogP contribution in [0.5, 0.6) is 17.2 Å². The Hall–Kier alpha value is -3.19. The molecule has 1 aliphatic heterocycles. The van der Waals surface area contributed by atoms with E-state index in [1.807, 2.05) is 19.1 Å². The molecule has 2 aromatic rings. The number of hydrogen-bond donors (Lipinski definition) is 1. The predicted octanol–water partition coefficient (Wildman–Crippen LogP) is 5.12. The van der Waals surface area contributed by atoms with Gasteiger partial charge in [-0.2, -0.15) is 0 Å². The SMILES string of the molecule is CCOc1ccc(C2/C(=C(\O)c3cc(Cl)c(OC)cc3OC)C(=O)C(=O)N2C2CCCC2)cc1. The normalized spacial score (nSPS) is 20.1. The van der Waals surface area contributed by atoms with Gasteiger partial charge in [0.1, 0.15) is 23.0 Å². The van der Waals surface area contributed by atoms with Crippen molar-refractivity contribution in [2.75, 3.05) is 20.8 Å². The summed E-state index contributed by atoms with van der Waals surface area (Å²) in [6.07, 6.45) is 3.62. The van der Waals surface area contributed by atoms with E-state index < -0.39 is 17.7 Å². The van der Waals surface area contributed by atoms with E-state index in [0.29, 0.717) is 18.1 Å². The quantitative estimate of drug-likeness (QED) is 0.333. The maximum absolute atomic E-state index is 13.3. The van der Waals surface area contributed by atoms with Gasteiger partial charge in [0.15, 0.2) is 0 Å². The highest BCUT2D eigenvalue weighted by molar-refractivity contribution is 6.46. The van der Waals surface area contributed by atoms with Crippen LogP contribution in [0.1, 0.15) is 49.8 Å². The van der Waals surface area contributed by atoms with Gasteiger partial charge in [0, 0.05) is 12.1 Å². The van der Waals surface area contributed by atoms with Crippen LogP contribution in [-0.4, -0.2) is 48.6 Å². The van der Waals surface area contributed by atoms with E-state index in [4.69, 9.17) is 25.8 Å². The number of ether oxygens (including phenoxy) is 3. The first kappa shape index (κ1) is 24.0. The predicted molar refractivity (Wildman–Crippen MR) is 129 cm³/mol. The highest BCUT2D eigenvalue weighted by Gasteiger charge is 2.49. The van der Waals surface area contributed by atoms with Crippen LogP contribution >= 0.6 is 11.6 Å². The molecule has 2 fully saturated rings. The second-order valence-corrected chi connectivity index (χ2v) is 8.74. The van der Waals surface area contributed by atoms with E-state index >= 15 is 0 Å². The van der Waals surface area contributed by atoms with Crippen LogP contribution in [0, 0.1) is 0 Å². The first-order chi connectivity index (χ1) is 16.4. The molecule has 0 aromatic heterocycles. The maximum Gasteiger partial charge on any atom is 0.295 e. The van der Waals surface area contributed by atoms with Gasteiger partial charge in [-0.1, -0.05) is 36.6 Å². The lowest BCUT2D eigenvalue weighted by molar-refractivity contribution is -0.141. The van der Waals surface area contributed by atoms with E-state index in [9.17, 15) is 14.7 Å². The van der Waals surface area contributed by atoms with E-state index in [1.165, 1.54) is 26.4 Å². The Morgan fingerprint density at radius 2 is 1.71 bits per heavy atom. The van der Waals surface area contributed by atoms with Crippen LogP contribution in [0.2, 0.25) is 5.02 Å². The average Bonchev–Trinajstić information content (AvgIpc) is 3.46. The van der Waals surface area contributed by atoms with Crippen LogP contribution in [-0.2, 0) is 9.59 Å². The number of amides is 1. The van der Waals surface area contributed by atoms with Crippen LogP contribution < -0.4 is 14.2 Å². The standard InChI is InChI=1S/C26H28ClNO6/c1-4-34-17-11-9-15(10-12-17)23-22(25(30)26(31)28(23)16-7-5-6-8-16)24(29)18-13-19(27)21(33-3)14-20(18)32-2/h9-14,16,23,29H,4-8H2,1-3H3/b24-22+. The van der Waals surface area contributed by atoms with Crippen molar-refractivity contribution in [3.05, 3.63) is 58.1 Å². The van der Waals surface area contributed by atoms with Gasteiger partial charge >= 0.3 is 0 Å². The van der Waals surface area contributed by atoms with Crippen molar-refractivity contribution >= 4 is 29.1 Å². The molecule has 4 rings (SSSR count). The highest BCUT2D eigenvalue weighted by Crippen LogP contribution is 2.45. The monoisotopic (exact) mass is 485 g/mol. The minimum absolute atomic E-state index is 0.0144. The lowest BCUT2D eigenvalue weighted by Gasteiger charge is -2.31. The zero-order valence-corrected chi connectivity index (χ0v) is 20.2. The van der Waals surface area contributed by atoms with Crippen LogP contribution in [0.3, 0.4) is 0 Å². The van der Waals surface area contributed by atoms with Crippen molar-refractivity contribution in [3.63, 3.8) is 0 Å². The minimum atomic E-state index is -0.732. The largest absolute Gasteiger partial charge is 0.507 e. The lowest BCUT2D eigenvalue weighted by Crippen LogP contribution is -2.37. The summed E-state index contributed by atoms with van der Waals surface area (Å²) in [7, 11) is 2.92. The number of rotatable bonds is 7. The van der Waals surface area contributed by atoms with E-state index in [2.05, 4.69) is 0 Å². The molecular formula is C26H28ClNO6. The summed E-state index contributed by atoms with van der Waals surface area (Å²) in [5, 5.41) is 11.7. The number of aliphatic hydroxyl groups is 1. The molecule has 1 amide bonds. The Morgan fingerprint density at radius 3 is 2.29 bits per heavy atom. The number of halogens is 1. The number of aliphatic hydroxyl groups excluding tert-OH is 1. The van der Waals surface area contributed by atoms with Crippen LogP contribution in [0.25, 0.3) is 5.76 Å². The van der Waals surface area contributed by atoms with Gasteiger partial charge in [0.2, 0.25) is 0 Å². The fraction of sp³-hybridized carbons (Fsp3) is 0.385. The van der Waals surface area contributed by atoms with E-state index in [1.54, 1.807) is 17.0 Å². The van der Waals surface area contributed by atoms with Gasteiger partial charge < -0.3 is 24.2 Å². The van der Waals surface area contributed by atoms with Crippen molar-refractivity contribution in [2.45, 2.75) is 44.7 Å². The highest BCUT2D eigenvalue weighted by atomic mass is 35.5. The smallest absolute Gasteiger partial charge is 0.295 e. The summed E-state index contributed by atoms with van der Waals surface area (Å²) < 4.78 is 16.2. The number of hydrogen-bond acceptors (Lipinski definition) is 6. The van der Waals surface area contributed by atoms with E-state index in [-0.39, 0.29) is 33.7 Å². The zero-order chi connectivity index (χ0) is 24.4. The number of carbonyl (C=O) groups is 2. The van der Waals surface area contributed by atoms with Gasteiger partial charge in [0.05, 0.1) is 43.0 Å². The molecule has 1 atom stereocenters. The van der Waals surface area contributed by atoms with E-state index in [0.717, 1.165) is 31.2 Å². The van der Waals surface area contributed by atoms with Gasteiger partial charge in [-0.3, -0.25) is 9.59 Å². The second kappa shape index (κ2) is 9.97. The molecular weight excluding hydrogens is 458 g/mol. The van der Waals surface area contributed by atoms with Crippen LogP contribution in [0.15, 0.2) is 42.0 Å². The van der Waals surface area contributed by atoms with Crippen LogP contribution in [0.4, 0.5) is 0 Å². The molecule has 2 aromatic carbocycles. The third-order valence-corrected chi connectivity index (χ3v) is 6.73. The third-order valence-electron chi connectivity index (χ3n) is 6.43. The average molecular weight is 486 g/mol. The second-order valence-electron chi connectivity index (χ2n) is 8.33. The number of nitrogens with zero attached hydrogens (tertiary/aromatic N) is 1. The zero-order valence-electron chi connectivity index (χ0n) is 19.5. The van der Waals surface area contributed by atoms with Gasteiger partial charge in [-0.15, -0.1) is 0 Å². The molecule has 1 aliphatic carbocycles. The molecule has 7 nitrogen and oxygen atoms in total. The fourth-order valence-electron chi connectivity index (χ4n) is 4.84. The Kier molecular flexibility index (Phi) is 7.03. The van der Waals surface area contributed by atoms with Gasteiger partial charge in [-0.05, 0) is 43.5 Å². The van der Waals surface area contributed by atoms with Crippen molar-refractivity contribution in [2.24, 2.45) is 0 Å². The fourth-order valence-corrected chi connectivity index (χ4v) is 5.08. The molecule has 0 bridgehead atoms. The number of ketones is 1. The lowest BCUT2D eigenvalue weighted by atomic mass is 9.94. The molecule has 34 heavy (non-hydrogen) atoms. The van der Waals surface area contributed by atoms with Crippen molar-refractivity contribution in [1.29, 1.82) is 0 Å². The summed E-state index contributed by atoms with van der Waals surface area (Å²) >= 11 is 6.32. The number of methoxy groups -OCH3 is 2. The Bertz CT molecular complexity index is 1120. The molecule has 0 spiro atoms. The van der Waals surface area contributed by atoms with Crippen molar-refractivity contribution < 1.29 is 28.9 Å². The molecule has 1 unspecified atom stereocenters. The molecule has 1 saturated heterocycles. The molecule has 180 valence electrons. The number of benzene rings is 2. The number of likely N-dealkylation sites (tertiary alicyclic amines) is 1. The summed E-state index contributed by atoms with van der Waals surface area (Å²) in [5.41, 5.74) is 0.948. The molecule has 1 heterocycles. The summed E-state index contributed by atoms with van der Waals surface area (Å²) in [6.45, 7) is 2.42. The van der Waals surface area contributed by atoms with Gasteiger partial charge in [-0.25, -0.2) is 0 Å². The Balaban J connectivity index is 1.89. The Morgan fingerprint density at radius 1 is 1.06 bits per heavy atom. The van der Waals surface area contributed by atoms with Crippen molar-refractivity contribution in [3.8, 4) is 17.2 Å². The third kappa shape index (κ3) is 4.20. The molecule has 8 heteroatoms. The first-order valence-electron chi connectivity index (χ1n) is 11.4. The Labute approximate surface area is 203 Å². The molecule has 1 N–H and O–H groups in total. The number of Topliss-reactive ketones (excluding diaryl/α,β-unsaturated/α-hetero) is 1. The minimum Gasteiger partial charge on any atom is -0.507 e. The molecule has 2 aliphatic rings. The van der Waals surface area contributed by atoms with Gasteiger partial charge in [0.25, 0.3) is 11.7 Å². The maximum atomic E-state index is 13.3. The molecule has 1 saturated carbocycles. The summed E-state index contributed by atoms with van der Waals surface area (Å²) in [6, 6.07) is 9.48.